The Balaban J connectivity index is 1.47. The van der Waals surface area contributed by atoms with Crippen molar-refractivity contribution in [3.8, 4) is 11.5 Å². The van der Waals surface area contributed by atoms with Crippen LogP contribution >= 0.6 is 23.2 Å². The lowest BCUT2D eigenvalue weighted by Crippen LogP contribution is -2.51. The third kappa shape index (κ3) is 5.35. The van der Waals surface area contributed by atoms with E-state index < -0.39 is 22.0 Å². The highest BCUT2D eigenvalue weighted by molar-refractivity contribution is 7.92. The summed E-state index contributed by atoms with van der Waals surface area (Å²) in [6.07, 6.45) is -1.05. The Bertz CT molecular complexity index is 1240. The lowest BCUT2D eigenvalue weighted by atomic mass is 10.2. The zero-order valence-electron chi connectivity index (χ0n) is 17.3. The molecule has 4 rings (SSSR count). The van der Waals surface area contributed by atoms with E-state index in [0.29, 0.717) is 15.8 Å². The molecule has 1 N–H and O–H groups in total. The average molecular weight is 507 g/mol. The average Bonchev–Trinajstić information content (AvgIpc) is 2.82. The van der Waals surface area contributed by atoms with Gasteiger partial charge in [-0.1, -0.05) is 41.4 Å². The van der Waals surface area contributed by atoms with Crippen molar-refractivity contribution in [2.75, 3.05) is 24.0 Å². The first-order chi connectivity index (χ1) is 15.8. The van der Waals surface area contributed by atoms with Crippen molar-refractivity contribution in [1.82, 2.24) is 5.32 Å². The highest BCUT2D eigenvalue weighted by Crippen LogP contribution is 2.38. The Morgan fingerprint density at radius 3 is 2.45 bits per heavy atom. The number of rotatable bonds is 7. The Morgan fingerprint density at radius 2 is 1.73 bits per heavy atom. The molecule has 0 aromatic heterocycles. The van der Waals surface area contributed by atoms with Gasteiger partial charge in [0.15, 0.2) is 6.10 Å². The van der Waals surface area contributed by atoms with E-state index in [9.17, 15) is 13.2 Å². The van der Waals surface area contributed by atoms with Gasteiger partial charge in [0.05, 0.1) is 23.7 Å². The second-order valence-corrected chi connectivity index (χ2v) is 9.90. The molecule has 0 saturated carbocycles. The summed E-state index contributed by atoms with van der Waals surface area (Å²) in [5.74, 6) is 0.416. The largest absolute Gasteiger partial charge is 0.492 e. The molecule has 3 aromatic rings. The molecule has 0 bridgehead atoms. The van der Waals surface area contributed by atoms with Gasteiger partial charge in [-0.15, -0.1) is 0 Å². The number of fused-ring (bicyclic) bond motifs is 1. The second-order valence-electron chi connectivity index (χ2n) is 7.16. The van der Waals surface area contributed by atoms with E-state index in [1.807, 2.05) is 0 Å². The number of benzene rings is 3. The van der Waals surface area contributed by atoms with Gasteiger partial charge in [0, 0.05) is 10.0 Å². The van der Waals surface area contributed by atoms with Crippen LogP contribution in [-0.4, -0.2) is 40.1 Å². The van der Waals surface area contributed by atoms with Crippen LogP contribution in [0.4, 0.5) is 5.69 Å². The van der Waals surface area contributed by atoms with E-state index in [2.05, 4.69) is 5.32 Å². The minimum atomic E-state index is -3.94. The first-order valence-corrected chi connectivity index (χ1v) is 12.2. The van der Waals surface area contributed by atoms with Gasteiger partial charge in [0.2, 0.25) is 0 Å². The van der Waals surface area contributed by atoms with Gasteiger partial charge in [-0.3, -0.25) is 9.10 Å². The van der Waals surface area contributed by atoms with Crippen LogP contribution in [0.5, 0.6) is 11.5 Å². The molecular formula is C23H20Cl2N2O5S. The summed E-state index contributed by atoms with van der Waals surface area (Å²) in [6, 6.07) is 19.5. The fourth-order valence-electron chi connectivity index (χ4n) is 3.30. The van der Waals surface area contributed by atoms with Crippen LogP contribution in [0.15, 0.2) is 77.7 Å². The molecular weight excluding hydrogens is 487 g/mol. The summed E-state index contributed by atoms with van der Waals surface area (Å²) >= 11 is 12.0. The summed E-state index contributed by atoms with van der Waals surface area (Å²) in [5, 5.41) is 3.68. The predicted molar refractivity (Wildman–Crippen MR) is 127 cm³/mol. The molecule has 0 fully saturated rings. The lowest BCUT2D eigenvalue weighted by molar-refractivity contribution is -0.127. The number of nitrogens with one attached hydrogen (secondary N) is 1. The number of anilines is 1. The molecule has 1 aliphatic heterocycles. The number of carbonyl (C=O) groups is 1. The number of halogens is 2. The van der Waals surface area contributed by atoms with Crippen molar-refractivity contribution >= 4 is 44.8 Å². The maximum atomic E-state index is 13.3. The normalized spacial score (nSPS) is 15.3. The van der Waals surface area contributed by atoms with Crippen LogP contribution in [0.3, 0.4) is 0 Å². The van der Waals surface area contributed by atoms with Crippen molar-refractivity contribution in [1.29, 1.82) is 0 Å². The molecule has 1 aliphatic rings. The Morgan fingerprint density at radius 1 is 1.03 bits per heavy atom. The molecule has 1 atom stereocenters. The molecule has 0 unspecified atom stereocenters. The highest BCUT2D eigenvalue weighted by atomic mass is 35.5. The second kappa shape index (κ2) is 9.91. The monoisotopic (exact) mass is 506 g/mol. The number of hydrogen-bond acceptors (Lipinski definition) is 5. The first kappa shape index (κ1) is 23.2. The van der Waals surface area contributed by atoms with Crippen LogP contribution in [0, 0.1) is 0 Å². The highest BCUT2D eigenvalue weighted by Gasteiger charge is 2.37. The maximum Gasteiger partial charge on any atom is 0.264 e. The first-order valence-electron chi connectivity index (χ1n) is 10.0. The molecule has 33 heavy (non-hydrogen) atoms. The third-order valence-electron chi connectivity index (χ3n) is 4.90. The topological polar surface area (TPSA) is 84.9 Å². The van der Waals surface area contributed by atoms with Crippen LogP contribution in [-0.2, 0) is 14.8 Å². The molecule has 1 heterocycles. The van der Waals surface area contributed by atoms with Gasteiger partial charge in [0.25, 0.3) is 15.9 Å². The van der Waals surface area contributed by atoms with E-state index in [4.69, 9.17) is 32.7 Å². The Hall–Kier alpha value is -2.94. The standard InChI is InChI=1S/C23H20Cl2N2O5S/c24-16-6-9-18(10-7-16)31-13-12-26-23(28)22-15-27(20-14-17(25)8-11-21(20)32-22)33(29,30)19-4-2-1-3-5-19/h1-11,14,22H,12-13,15H2,(H,26,28)/t22-/m0/s1. The van der Waals surface area contributed by atoms with Gasteiger partial charge >= 0.3 is 0 Å². The quantitative estimate of drug-likeness (QED) is 0.486. The molecule has 1 amide bonds. The minimum Gasteiger partial charge on any atom is -0.492 e. The van der Waals surface area contributed by atoms with Crippen molar-refractivity contribution in [3.05, 3.63) is 82.8 Å². The number of amides is 1. The minimum absolute atomic E-state index is 0.105. The smallest absolute Gasteiger partial charge is 0.264 e. The fourth-order valence-corrected chi connectivity index (χ4v) is 5.08. The number of ether oxygens (including phenoxy) is 2. The van der Waals surface area contributed by atoms with E-state index >= 15 is 0 Å². The van der Waals surface area contributed by atoms with E-state index in [0.717, 1.165) is 4.31 Å². The Kier molecular flexibility index (Phi) is 6.97. The van der Waals surface area contributed by atoms with Gasteiger partial charge < -0.3 is 14.8 Å². The predicted octanol–water partition coefficient (Wildman–Crippen LogP) is 4.14. The summed E-state index contributed by atoms with van der Waals surface area (Å²) in [6.45, 7) is 0.229. The van der Waals surface area contributed by atoms with E-state index in [1.165, 1.54) is 18.2 Å². The van der Waals surface area contributed by atoms with E-state index in [1.54, 1.807) is 54.6 Å². The zero-order chi connectivity index (χ0) is 23.4. The van der Waals surface area contributed by atoms with Crippen molar-refractivity contribution in [2.45, 2.75) is 11.0 Å². The maximum absolute atomic E-state index is 13.3. The third-order valence-corrected chi connectivity index (χ3v) is 7.18. The molecule has 0 spiro atoms. The van der Waals surface area contributed by atoms with Crippen molar-refractivity contribution < 1.29 is 22.7 Å². The lowest BCUT2D eigenvalue weighted by Gasteiger charge is -2.34. The molecule has 0 aliphatic carbocycles. The number of hydrogen-bond donors (Lipinski definition) is 1. The van der Waals surface area contributed by atoms with Crippen molar-refractivity contribution in [2.24, 2.45) is 0 Å². The number of sulfonamides is 1. The summed E-state index contributed by atoms with van der Waals surface area (Å²) in [5.41, 5.74) is 0.279. The number of nitrogens with zero attached hydrogens (tertiary/aromatic N) is 1. The van der Waals surface area contributed by atoms with Gasteiger partial charge in [-0.2, -0.15) is 0 Å². The molecule has 0 saturated heterocycles. The molecule has 10 heteroatoms. The summed E-state index contributed by atoms with van der Waals surface area (Å²) in [4.78, 5) is 12.9. The van der Waals surface area contributed by atoms with Crippen LogP contribution in [0.1, 0.15) is 0 Å². The van der Waals surface area contributed by atoms with Crippen molar-refractivity contribution in [3.63, 3.8) is 0 Å². The SMILES string of the molecule is O=C(NCCOc1ccc(Cl)cc1)[C@@H]1CN(S(=O)(=O)c2ccccc2)c2cc(Cl)ccc2O1. The van der Waals surface area contributed by atoms with Gasteiger partial charge in [0.1, 0.15) is 18.1 Å². The van der Waals surface area contributed by atoms with Crippen LogP contribution in [0.2, 0.25) is 10.0 Å². The number of carbonyl (C=O) groups excluding carboxylic acids is 1. The molecule has 172 valence electrons. The van der Waals surface area contributed by atoms with Crippen LogP contribution < -0.4 is 19.1 Å². The summed E-state index contributed by atoms with van der Waals surface area (Å²) in [7, 11) is -3.94. The van der Waals surface area contributed by atoms with E-state index in [-0.39, 0.29) is 36.0 Å². The molecule has 0 radical (unpaired) electrons. The Labute approximate surface area is 201 Å². The fraction of sp³-hybridized carbons (Fsp3) is 0.174. The van der Waals surface area contributed by atoms with Gasteiger partial charge in [-0.25, -0.2) is 8.42 Å². The summed E-state index contributed by atoms with van der Waals surface area (Å²) < 4.78 is 39.2. The van der Waals surface area contributed by atoms with Crippen LogP contribution in [0.25, 0.3) is 0 Å². The molecule has 7 nitrogen and oxygen atoms in total. The van der Waals surface area contributed by atoms with Gasteiger partial charge in [-0.05, 0) is 54.6 Å². The molecule has 3 aromatic carbocycles. The zero-order valence-corrected chi connectivity index (χ0v) is 19.6.